The van der Waals surface area contributed by atoms with E-state index in [0.29, 0.717) is 25.1 Å². The summed E-state index contributed by atoms with van der Waals surface area (Å²) in [5.74, 6) is -2.41. The molecule has 2 bridgehead atoms. The van der Waals surface area contributed by atoms with Crippen LogP contribution in [0.1, 0.15) is 94.9 Å². The molecular formula is C38H65NO13. The molecule has 4 aliphatic rings. The molecule has 4 aliphatic heterocycles. The molecule has 300 valence electrons. The first-order chi connectivity index (χ1) is 24.1. The summed E-state index contributed by atoms with van der Waals surface area (Å²) in [5, 5.41) is 35.0. The van der Waals surface area contributed by atoms with Crippen LogP contribution in [-0.2, 0) is 47.5 Å². The number of carbonyl (C=O) groups is 2. The van der Waals surface area contributed by atoms with Crippen LogP contribution in [-0.4, -0.2) is 138 Å². The molecule has 14 nitrogen and oxygen atoms in total. The Kier molecular flexibility index (Phi) is 13.6. The first kappa shape index (κ1) is 42.9. The fraction of sp³-hybridized carbons (Fsp3) is 0.895. The molecule has 0 aromatic rings. The molecule has 0 unspecified atom stereocenters. The Labute approximate surface area is 309 Å². The van der Waals surface area contributed by atoms with E-state index in [1.807, 2.05) is 53.6 Å². The summed E-state index contributed by atoms with van der Waals surface area (Å²) in [6, 6.07) is -0.249. The van der Waals surface area contributed by atoms with Crippen LogP contribution < -0.4 is 0 Å². The normalized spacial score (nSPS) is 47.9. The molecular weight excluding hydrogens is 678 g/mol. The van der Waals surface area contributed by atoms with Crippen molar-refractivity contribution in [2.45, 2.75) is 179 Å². The Morgan fingerprint density at radius 3 is 2.23 bits per heavy atom. The number of fused-ring (bicyclic) bond motifs is 2. The number of nitrogens with zero attached hydrogens (tertiary/aromatic N) is 1. The van der Waals surface area contributed by atoms with Gasteiger partial charge in [0.05, 0.1) is 30.3 Å². The Balaban J connectivity index is 1.84. The number of rotatable bonds is 9. The maximum absolute atomic E-state index is 14.2. The molecule has 3 fully saturated rings. The van der Waals surface area contributed by atoms with E-state index in [0.717, 1.165) is 5.57 Å². The molecule has 52 heavy (non-hydrogen) atoms. The standard InChI is InChI=1S/C38H65NO13/c1-14-26-38(10,44)31(42)21(4)29-19(2)16-37(9,52-29)32(51-35-28(41)25(39(11)12)15-20(3)47-35)22(5)30(23(6)34(43)49-26)50-27-17-36(8,45-13)33(46-18-40)24(7)48-27/h18,20-28,30-33,35,41-42,44H,14-17H2,1-13H3/t20-,21+,22+,23-,24+,25+,26-,27+,28-,30+,31-,32-,33+,35+,36-,37-,38-/m1/s1. The van der Waals surface area contributed by atoms with Crippen molar-refractivity contribution in [3.8, 4) is 0 Å². The van der Waals surface area contributed by atoms with Crippen LogP contribution in [0, 0.1) is 17.8 Å². The highest BCUT2D eigenvalue weighted by Crippen LogP contribution is 2.47. The molecule has 0 spiro atoms. The molecule has 0 aliphatic carbocycles. The summed E-state index contributed by atoms with van der Waals surface area (Å²) >= 11 is 0. The van der Waals surface area contributed by atoms with Crippen LogP contribution in [0.15, 0.2) is 11.3 Å². The van der Waals surface area contributed by atoms with Gasteiger partial charge in [0.1, 0.15) is 40.9 Å². The highest BCUT2D eigenvalue weighted by Gasteiger charge is 2.56. The number of cyclic esters (lactones) is 1. The lowest BCUT2D eigenvalue weighted by molar-refractivity contribution is -0.317. The monoisotopic (exact) mass is 743 g/mol. The second-order valence-electron chi connectivity index (χ2n) is 16.6. The number of esters is 1. The summed E-state index contributed by atoms with van der Waals surface area (Å²) in [7, 11) is 5.32. The molecule has 0 radical (unpaired) electrons. The number of methoxy groups -OCH3 is 1. The fourth-order valence-electron chi connectivity index (χ4n) is 9.03. The third-order valence-electron chi connectivity index (χ3n) is 12.1. The Hall–Kier alpha value is -1.88. The second-order valence-corrected chi connectivity index (χ2v) is 16.6. The molecule has 3 saturated heterocycles. The SMILES string of the molecule is CC[C@H]1OC(=O)[C@H](C)[C@@H](O[C@H]2C[C@@](C)(OC)[C@@H](OC=O)[C@H](C)O2)[C@H](C)[C@@H](O[C@@H]2O[C@H](C)C[C@H](N(C)C)[C@H]2O)[C@@]2(C)CC(C)=C(O2)[C@H](C)[C@@H](O)[C@]1(C)O. The van der Waals surface area contributed by atoms with Crippen molar-refractivity contribution < 1.29 is 62.8 Å². The van der Waals surface area contributed by atoms with E-state index < -0.39 is 95.8 Å². The topological polar surface area (TPSA) is 172 Å². The van der Waals surface area contributed by atoms with Gasteiger partial charge in [-0.2, -0.15) is 0 Å². The molecule has 0 aromatic heterocycles. The molecule has 0 aromatic carbocycles. The average molecular weight is 744 g/mol. The van der Waals surface area contributed by atoms with Gasteiger partial charge in [-0.15, -0.1) is 0 Å². The third kappa shape index (κ3) is 8.35. The third-order valence-corrected chi connectivity index (χ3v) is 12.1. The predicted molar refractivity (Wildman–Crippen MR) is 189 cm³/mol. The van der Waals surface area contributed by atoms with Crippen LogP contribution in [0.5, 0.6) is 0 Å². The van der Waals surface area contributed by atoms with Gasteiger partial charge in [0.2, 0.25) is 0 Å². The zero-order valence-corrected chi connectivity index (χ0v) is 33.4. The van der Waals surface area contributed by atoms with E-state index in [-0.39, 0.29) is 25.0 Å². The van der Waals surface area contributed by atoms with Gasteiger partial charge in [0, 0.05) is 37.8 Å². The summed E-state index contributed by atoms with van der Waals surface area (Å²) in [6.07, 6.45) is -7.40. The van der Waals surface area contributed by atoms with Gasteiger partial charge >= 0.3 is 5.97 Å². The van der Waals surface area contributed by atoms with Gasteiger partial charge < -0.3 is 58.1 Å². The van der Waals surface area contributed by atoms with Gasteiger partial charge in [0.25, 0.3) is 6.47 Å². The fourth-order valence-corrected chi connectivity index (χ4v) is 9.03. The number of hydrogen-bond donors (Lipinski definition) is 3. The highest BCUT2D eigenvalue weighted by molar-refractivity contribution is 5.73. The quantitative estimate of drug-likeness (QED) is 0.233. The van der Waals surface area contributed by atoms with Crippen molar-refractivity contribution in [2.24, 2.45) is 17.8 Å². The van der Waals surface area contributed by atoms with Crippen molar-refractivity contribution in [3.05, 3.63) is 11.3 Å². The largest absolute Gasteiger partial charge is 0.489 e. The lowest BCUT2D eigenvalue weighted by atomic mass is 9.78. The van der Waals surface area contributed by atoms with E-state index in [1.165, 1.54) is 14.0 Å². The minimum absolute atomic E-state index is 0.157. The maximum Gasteiger partial charge on any atom is 0.311 e. The van der Waals surface area contributed by atoms with E-state index in [9.17, 15) is 24.9 Å². The van der Waals surface area contributed by atoms with E-state index >= 15 is 0 Å². The molecule has 0 amide bonds. The summed E-state index contributed by atoms with van der Waals surface area (Å²) in [5.41, 5.74) is -3.05. The molecule has 14 heteroatoms. The van der Waals surface area contributed by atoms with Gasteiger partial charge in [0.15, 0.2) is 18.7 Å². The molecule has 17 atom stereocenters. The number of aliphatic hydroxyl groups excluding tert-OH is 2. The molecule has 4 rings (SSSR count). The predicted octanol–water partition coefficient (Wildman–Crippen LogP) is 3.07. The average Bonchev–Trinajstić information content (AvgIpc) is 3.39. The Morgan fingerprint density at radius 1 is 1.00 bits per heavy atom. The number of ether oxygens (including phenoxy) is 8. The van der Waals surface area contributed by atoms with Gasteiger partial charge in [-0.3, -0.25) is 9.59 Å². The minimum Gasteiger partial charge on any atom is -0.489 e. The van der Waals surface area contributed by atoms with E-state index in [2.05, 4.69) is 0 Å². The number of carbonyl (C=O) groups excluding carboxylic acids is 2. The first-order valence-electron chi connectivity index (χ1n) is 18.8. The van der Waals surface area contributed by atoms with Crippen molar-refractivity contribution in [1.82, 2.24) is 4.90 Å². The maximum atomic E-state index is 14.2. The molecule has 3 N–H and O–H groups in total. The Morgan fingerprint density at radius 2 is 1.65 bits per heavy atom. The lowest BCUT2D eigenvalue weighted by Crippen LogP contribution is -2.60. The van der Waals surface area contributed by atoms with Crippen molar-refractivity contribution >= 4 is 12.4 Å². The second kappa shape index (κ2) is 16.5. The van der Waals surface area contributed by atoms with Crippen molar-refractivity contribution in [1.29, 1.82) is 0 Å². The smallest absolute Gasteiger partial charge is 0.311 e. The summed E-state index contributed by atoms with van der Waals surface area (Å²) in [4.78, 5) is 27.5. The summed E-state index contributed by atoms with van der Waals surface area (Å²) < 4.78 is 50.3. The molecule has 0 saturated carbocycles. The van der Waals surface area contributed by atoms with Crippen LogP contribution >= 0.6 is 0 Å². The van der Waals surface area contributed by atoms with Crippen molar-refractivity contribution in [3.63, 3.8) is 0 Å². The van der Waals surface area contributed by atoms with Gasteiger partial charge in [-0.05, 0) is 81.0 Å². The van der Waals surface area contributed by atoms with Crippen LogP contribution in [0.3, 0.4) is 0 Å². The number of hydrogen-bond acceptors (Lipinski definition) is 14. The van der Waals surface area contributed by atoms with Gasteiger partial charge in [-0.25, -0.2) is 0 Å². The lowest BCUT2D eigenvalue weighted by Gasteiger charge is -2.49. The first-order valence-corrected chi connectivity index (χ1v) is 18.8. The van der Waals surface area contributed by atoms with Gasteiger partial charge in [-0.1, -0.05) is 20.8 Å². The zero-order chi connectivity index (χ0) is 39.1. The van der Waals surface area contributed by atoms with Crippen molar-refractivity contribution in [2.75, 3.05) is 21.2 Å². The summed E-state index contributed by atoms with van der Waals surface area (Å²) in [6.45, 7) is 18.3. The molecule has 4 heterocycles. The number of aliphatic hydroxyl groups is 3. The zero-order valence-electron chi connectivity index (χ0n) is 33.4. The Bertz CT molecular complexity index is 1280. The van der Waals surface area contributed by atoms with E-state index in [1.54, 1.807) is 27.7 Å². The van der Waals surface area contributed by atoms with Crippen LogP contribution in [0.4, 0.5) is 0 Å². The highest BCUT2D eigenvalue weighted by atomic mass is 16.7. The number of likely N-dealkylation sites (N-methyl/N-ethyl adjacent to an activating group) is 1. The van der Waals surface area contributed by atoms with Crippen LogP contribution in [0.2, 0.25) is 0 Å². The van der Waals surface area contributed by atoms with E-state index in [4.69, 9.17) is 37.9 Å². The van der Waals surface area contributed by atoms with Crippen LogP contribution in [0.25, 0.3) is 0 Å². The minimum atomic E-state index is -1.84.